The van der Waals surface area contributed by atoms with Crippen molar-refractivity contribution < 1.29 is 9.90 Å². The van der Waals surface area contributed by atoms with Crippen LogP contribution in [0.1, 0.15) is 34.7 Å². The number of rotatable bonds is 3. The van der Waals surface area contributed by atoms with Crippen molar-refractivity contribution in [2.24, 2.45) is 5.73 Å². The standard InChI is InChI=1S/C12H14N2O2/c1-7-3-8(2)10(4-9(7)6-13)11(14)5-12(15)16/h3-4,11H,5,14H2,1-2H3,(H,15,16). The number of carbonyl (C=O) groups is 1. The maximum atomic E-state index is 10.6. The van der Waals surface area contributed by atoms with Gasteiger partial charge in [-0.15, -0.1) is 0 Å². The van der Waals surface area contributed by atoms with E-state index in [2.05, 4.69) is 6.07 Å². The maximum Gasteiger partial charge on any atom is 0.305 e. The van der Waals surface area contributed by atoms with Crippen LogP contribution in [-0.4, -0.2) is 11.1 Å². The molecule has 16 heavy (non-hydrogen) atoms. The number of aryl methyl sites for hydroxylation is 2. The zero-order valence-electron chi connectivity index (χ0n) is 9.32. The van der Waals surface area contributed by atoms with E-state index in [1.54, 1.807) is 6.07 Å². The molecule has 1 unspecified atom stereocenters. The van der Waals surface area contributed by atoms with E-state index in [4.69, 9.17) is 16.1 Å². The molecule has 1 aromatic rings. The van der Waals surface area contributed by atoms with Crippen LogP contribution in [0, 0.1) is 25.2 Å². The van der Waals surface area contributed by atoms with Gasteiger partial charge in [-0.2, -0.15) is 5.26 Å². The summed E-state index contributed by atoms with van der Waals surface area (Å²) in [7, 11) is 0. The van der Waals surface area contributed by atoms with E-state index in [0.717, 1.165) is 16.7 Å². The van der Waals surface area contributed by atoms with E-state index in [1.807, 2.05) is 19.9 Å². The Balaban J connectivity index is 3.14. The maximum absolute atomic E-state index is 10.6. The molecular weight excluding hydrogens is 204 g/mol. The van der Waals surface area contributed by atoms with Crippen molar-refractivity contribution in [2.45, 2.75) is 26.3 Å². The van der Waals surface area contributed by atoms with Gasteiger partial charge in [0.15, 0.2) is 0 Å². The number of carboxylic acid groups (broad SMARTS) is 1. The van der Waals surface area contributed by atoms with Gasteiger partial charge in [0.1, 0.15) is 0 Å². The first-order chi connectivity index (χ1) is 7.45. The highest BCUT2D eigenvalue weighted by atomic mass is 16.4. The topological polar surface area (TPSA) is 87.1 Å². The highest BCUT2D eigenvalue weighted by molar-refractivity contribution is 5.68. The molecule has 0 spiro atoms. The summed E-state index contributed by atoms with van der Waals surface area (Å²) in [4.78, 5) is 10.6. The van der Waals surface area contributed by atoms with Gasteiger partial charge in [0.2, 0.25) is 0 Å². The molecule has 1 atom stereocenters. The lowest BCUT2D eigenvalue weighted by molar-refractivity contribution is -0.137. The van der Waals surface area contributed by atoms with E-state index in [1.165, 1.54) is 0 Å². The van der Waals surface area contributed by atoms with Crippen LogP contribution in [0.25, 0.3) is 0 Å². The molecule has 84 valence electrons. The van der Waals surface area contributed by atoms with Gasteiger partial charge in [-0.3, -0.25) is 4.79 Å². The first-order valence-corrected chi connectivity index (χ1v) is 4.94. The molecule has 0 radical (unpaired) electrons. The lowest BCUT2D eigenvalue weighted by Crippen LogP contribution is -2.16. The average Bonchev–Trinajstić information content (AvgIpc) is 2.16. The van der Waals surface area contributed by atoms with Crippen molar-refractivity contribution in [2.75, 3.05) is 0 Å². The molecule has 0 aliphatic rings. The number of nitrogens with zero attached hydrogens (tertiary/aromatic N) is 1. The summed E-state index contributed by atoms with van der Waals surface area (Å²) in [6.45, 7) is 3.71. The third-order valence-electron chi connectivity index (χ3n) is 2.53. The van der Waals surface area contributed by atoms with Crippen LogP contribution < -0.4 is 5.73 Å². The average molecular weight is 218 g/mol. The third kappa shape index (κ3) is 2.59. The third-order valence-corrected chi connectivity index (χ3v) is 2.53. The summed E-state index contributed by atoms with van der Waals surface area (Å²) >= 11 is 0. The van der Waals surface area contributed by atoms with Crippen LogP contribution >= 0.6 is 0 Å². The Morgan fingerprint density at radius 3 is 2.62 bits per heavy atom. The molecule has 0 saturated carbocycles. The molecule has 0 heterocycles. The van der Waals surface area contributed by atoms with E-state index in [9.17, 15) is 4.79 Å². The molecule has 3 N–H and O–H groups in total. The van der Waals surface area contributed by atoms with E-state index < -0.39 is 12.0 Å². The molecule has 0 saturated heterocycles. The number of nitriles is 1. The summed E-state index contributed by atoms with van der Waals surface area (Å²) in [6, 6.07) is 5.04. The van der Waals surface area contributed by atoms with Crippen LogP contribution in [0.4, 0.5) is 0 Å². The fourth-order valence-electron chi connectivity index (χ4n) is 1.69. The van der Waals surface area contributed by atoms with Gasteiger partial charge in [0.25, 0.3) is 0 Å². The second-order valence-corrected chi connectivity index (χ2v) is 3.84. The number of carboxylic acids is 1. The Labute approximate surface area is 94.3 Å². The molecule has 1 rings (SSSR count). The van der Waals surface area contributed by atoms with Crippen molar-refractivity contribution in [3.8, 4) is 6.07 Å². The molecule has 1 aromatic carbocycles. The number of nitrogens with two attached hydrogens (primary N) is 1. The number of hydrogen-bond donors (Lipinski definition) is 2. The summed E-state index contributed by atoms with van der Waals surface area (Å²) in [5.41, 5.74) is 8.85. The van der Waals surface area contributed by atoms with Gasteiger partial charge in [0.05, 0.1) is 18.1 Å². The summed E-state index contributed by atoms with van der Waals surface area (Å²) < 4.78 is 0. The van der Waals surface area contributed by atoms with Crippen LogP contribution in [0.2, 0.25) is 0 Å². The second kappa shape index (κ2) is 4.77. The minimum Gasteiger partial charge on any atom is -0.481 e. The van der Waals surface area contributed by atoms with Crippen molar-refractivity contribution in [1.82, 2.24) is 0 Å². The SMILES string of the molecule is Cc1cc(C)c(C(N)CC(=O)O)cc1C#N. The van der Waals surface area contributed by atoms with E-state index in [-0.39, 0.29) is 6.42 Å². The first-order valence-electron chi connectivity index (χ1n) is 4.94. The molecule has 0 amide bonds. The first kappa shape index (κ1) is 12.2. The molecule has 0 aliphatic heterocycles. The fourth-order valence-corrected chi connectivity index (χ4v) is 1.69. The van der Waals surface area contributed by atoms with Crippen molar-refractivity contribution in [1.29, 1.82) is 5.26 Å². The molecule has 0 fully saturated rings. The van der Waals surface area contributed by atoms with Crippen LogP contribution in [-0.2, 0) is 4.79 Å². The predicted molar refractivity (Wildman–Crippen MR) is 59.8 cm³/mol. The smallest absolute Gasteiger partial charge is 0.305 e. The van der Waals surface area contributed by atoms with Gasteiger partial charge in [0, 0.05) is 6.04 Å². The number of aliphatic carboxylic acids is 1. The van der Waals surface area contributed by atoms with Crippen molar-refractivity contribution in [3.63, 3.8) is 0 Å². The lowest BCUT2D eigenvalue weighted by atomic mass is 9.94. The monoisotopic (exact) mass is 218 g/mol. The molecule has 0 aromatic heterocycles. The Kier molecular flexibility index (Phi) is 3.64. The van der Waals surface area contributed by atoms with Gasteiger partial charge < -0.3 is 10.8 Å². The van der Waals surface area contributed by atoms with Crippen LogP contribution in [0.5, 0.6) is 0 Å². The zero-order chi connectivity index (χ0) is 12.3. The van der Waals surface area contributed by atoms with Gasteiger partial charge in [-0.25, -0.2) is 0 Å². The molecule has 4 heteroatoms. The Morgan fingerprint density at radius 1 is 1.50 bits per heavy atom. The fraction of sp³-hybridized carbons (Fsp3) is 0.333. The minimum atomic E-state index is -0.939. The van der Waals surface area contributed by atoms with Gasteiger partial charge in [-0.1, -0.05) is 6.07 Å². The summed E-state index contributed by atoms with van der Waals surface area (Å²) in [5, 5.41) is 17.6. The largest absolute Gasteiger partial charge is 0.481 e. The normalized spacial score (nSPS) is 11.9. The lowest BCUT2D eigenvalue weighted by Gasteiger charge is -2.14. The minimum absolute atomic E-state index is 0.130. The summed E-state index contributed by atoms with van der Waals surface area (Å²) in [5.74, 6) is -0.939. The van der Waals surface area contributed by atoms with Gasteiger partial charge >= 0.3 is 5.97 Å². The van der Waals surface area contributed by atoms with E-state index in [0.29, 0.717) is 5.56 Å². The Morgan fingerprint density at radius 2 is 2.12 bits per heavy atom. The molecule has 0 aliphatic carbocycles. The van der Waals surface area contributed by atoms with E-state index >= 15 is 0 Å². The Bertz CT molecular complexity index is 461. The molecule has 0 bridgehead atoms. The number of benzene rings is 1. The quantitative estimate of drug-likeness (QED) is 0.807. The van der Waals surface area contributed by atoms with Crippen molar-refractivity contribution in [3.05, 3.63) is 34.4 Å². The zero-order valence-corrected chi connectivity index (χ0v) is 9.32. The summed E-state index contributed by atoms with van der Waals surface area (Å²) in [6.07, 6.45) is -0.130. The highest BCUT2D eigenvalue weighted by Crippen LogP contribution is 2.22. The molecular formula is C12H14N2O2. The Hall–Kier alpha value is -1.86. The second-order valence-electron chi connectivity index (χ2n) is 3.84. The van der Waals surface area contributed by atoms with Crippen LogP contribution in [0.15, 0.2) is 12.1 Å². The van der Waals surface area contributed by atoms with Crippen molar-refractivity contribution >= 4 is 5.97 Å². The predicted octanol–water partition coefficient (Wildman–Crippen LogP) is 1.65. The highest BCUT2D eigenvalue weighted by Gasteiger charge is 2.14. The number of hydrogen-bond acceptors (Lipinski definition) is 3. The van der Waals surface area contributed by atoms with Gasteiger partial charge in [-0.05, 0) is 36.6 Å². The van der Waals surface area contributed by atoms with Crippen LogP contribution in [0.3, 0.4) is 0 Å². The molecule has 4 nitrogen and oxygen atoms in total.